The van der Waals surface area contributed by atoms with Crippen LogP contribution in [0.15, 0.2) is 36.4 Å². The number of carbonyl (C=O) groups is 2. The molecule has 0 spiro atoms. The van der Waals surface area contributed by atoms with E-state index in [1.165, 1.54) is 14.2 Å². The highest BCUT2D eigenvalue weighted by atomic mass is 16.5. The Morgan fingerprint density at radius 3 is 1.58 bits per heavy atom. The van der Waals surface area contributed by atoms with Crippen LogP contribution in [0.1, 0.15) is 20.7 Å². The Bertz CT molecular complexity index is 694. The maximum atomic E-state index is 10.8. The predicted octanol–water partition coefficient (Wildman–Crippen LogP) is 2.15. The van der Waals surface area contributed by atoms with E-state index in [9.17, 15) is 14.7 Å². The molecule has 0 amide bonds. The molecular formula is C19H20O7. The first-order chi connectivity index (χ1) is 12.6. The van der Waals surface area contributed by atoms with Gasteiger partial charge in [-0.25, -0.2) is 0 Å². The number of benzene rings is 2. The van der Waals surface area contributed by atoms with E-state index in [2.05, 4.69) is 0 Å². The van der Waals surface area contributed by atoms with E-state index in [1.54, 1.807) is 36.4 Å². The van der Waals surface area contributed by atoms with Gasteiger partial charge in [-0.1, -0.05) is 0 Å². The minimum atomic E-state index is -0.916. The summed E-state index contributed by atoms with van der Waals surface area (Å²) in [4.78, 5) is 21.6. The smallest absolute Gasteiger partial charge is 0.161 e. The van der Waals surface area contributed by atoms with Gasteiger partial charge in [-0.05, 0) is 36.4 Å². The van der Waals surface area contributed by atoms with Crippen LogP contribution < -0.4 is 18.9 Å². The molecule has 138 valence electrons. The average Bonchev–Trinajstić information content (AvgIpc) is 2.70. The zero-order valence-corrected chi connectivity index (χ0v) is 14.5. The third kappa shape index (κ3) is 4.97. The van der Waals surface area contributed by atoms with Crippen molar-refractivity contribution in [3.05, 3.63) is 47.5 Å². The standard InChI is InChI=1S/C19H20O7/c1-23-18-7-13(9-20)3-5-16(18)25-11-15(22)12-26-17-6-4-14(10-21)8-19(17)24-2/h3-10,15,22H,11-12H2,1-2H3. The molecular weight excluding hydrogens is 340 g/mol. The molecule has 0 aliphatic rings. The Balaban J connectivity index is 1.92. The van der Waals surface area contributed by atoms with Gasteiger partial charge < -0.3 is 24.1 Å². The fourth-order valence-electron chi connectivity index (χ4n) is 2.17. The number of ether oxygens (including phenoxy) is 4. The maximum absolute atomic E-state index is 10.8. The van der Waals surface area contributed by atoms with Crippen LogP contribution in [0.4, 0.5) is 0 Å². The average molecular weight is 360 g/mol. The van der Waals surface area contributed by atoms with Crippen molar-refractivity contribution in [1.82, 2.24) is 0 Å². The molecule has 0 aromatic heterocycles. The molecule has 0 bridgehead atoms. The lowest BCUT2D eigenvalue weighted by Crippen LogP contribution is -2.25. The van der Waals surface area contributed by atoms with Gasteiger partial charge in [0.1, 0.15) is 31.9 Å². The lowest BCUT2D eigenvalue weighted by molar-refractivity contribution is 0.0607. The number of carbonyl (C=O) groups excluding carboxylic acids is 2. The summed E-state index contributed by atoms with van der Waals surface area (Å²) < 4.78 is 21.4. The van der Waals surface area contributed by atoms with Crippen LogP contribution in [-0.4, -0.2) is 51.2 Å². The molecule has 7 nitrogen and oxygen atoms in total. The molecule has 0 fully saturated rings. The van der Waals surface area contributed by atoms with Crippen LogP contribution in [0.3, 0.4) is 0 Å². The van der Waals surface area contributed by atoms with Crippen LogP contribution in [-0.2, 0) is 0 Å². The molecule has 2 aromatic carbocycles. The molecule has 0 radical (unpaired) electrons. The van der Waals surface area contributed by atoms with Crippen molar-refractivity contribution in [2.24, 2.45) is 0 Å². The van der Waals surface area contributed by atoms with Gasteiger partial charge in [-0.2, -0.15) is 0 Å². The molecule has 2 rings (SSSR count). The second kappa shape index (κ2) is 9.43. The molecule has 0 atom stereocenters. The van der Waals surface area contributed by atoms with E-state index in [1.807, 2.05) is 0 Å². The van der Waals surface area contributed by atoms with Gasteiger partial charge in [-0.3, -0.25) is 9.59 Å². The van der Waals surface area contributed by atoms with Gasteiger partial charge >= 0.3 is 0 Å². The Labute approximate surface area is 151 Å². The third-order valence-corrected chi connectivity index (χ3v) is 3.51. The van der Waals surface area contributed by atoms with Crippen molar-refractivity contribution in [1.29, 1.82) is 0 Å². The highest BCUT2D eigenvalue weighted by molar-refractivity contribution is 5.76. The summed E-state index contributed by atoms with van der Waals surface area (Å²) in [7, 11) is 2.93. The van der Waals surface area contributed by atoms with Crippen molar-refractivity contribution in [2.45, 2.75) is 6.10 Å². The van der Waals surface area contributed by atoms with Crippen molar-refractivity contribution in [3.63, 3.8) is 0 Å². The Morgan fingerprint density at radius 2 is 1.23 bits per heavy atom. The van der Waals surface area contributed by atoms with Crippen LogP contribution >= 0.6 is 0 Å². The highest BCUT2D eigenvalue weighted by Gasteiger charge is 2.12. The largest absolute Gasteiger partial charge is 0.493 e. The van der Waals surface area contributed by atoms with E-state index in [-0.39, 0.29) is 13.2 Å². The molecule has 26 heavy (non-hydrogen) atoms. The van der Waals surface area contributed by atoms with Gasteiger partial charge in [0.25, 0.3) is 0 Å². The monoisotopic (exact) mass is 360 g/mol. The van der Waals surface area contributed by atoms with E-state index < -0.39 is 6.10 Å². The van der Waals surface area contributed by atoms with E-state index >= 15 is 0 Å². The first-order valence-electron chi connectivity index (χ1n) is 7.81. The minimum Gasteiger partial charge on any atom is -0.493 e. The molecule has 0 saturated carbocycles. The zero-order chi connectivity index (χ0) is 18.9. The molecule has 1 N–H and O–H groups in total. The summed E-state index contributed by atoms with van der Waals surface area (Å²) >= 11 is 0. The van der Waals surface area contributed by atoms with Gasteiger partial charge in [0.15, 0.2) is 23.0 Å². The van der Waals surface area contributed by atoms with Crippen molar-refractivity contribution < 1.29 is 33.6 Å². The van der Waals surface area contributed by atoms with Crippen LogP contribution in [0.25, 0.3) is 0 Å². The van der Waals surface area contributed by atoms with Crippen molar-refractivity contribution >= 4 is 12.6 Å². The van der Waals surface area contributed by atoms with E-state index in [4.69, 9.17) is 18.9 Å². The van der Waals surface area contributed by atoms with E-state index in [0.29, 0.717) is 46.7 Å². The molecule has 0 aliphatic carbocycles. The summed E-state index contributed by atoms with van der Waals surface area (Å²) in [6, 6.07) is 9.46. The fraction of sp³-hybridized carbons (Fsp3) is 0.263. The van der Waals surface area contributed by atoms with Crippen molar-refractivity contribution in [2.75, 3.05) is 27.4 Å². The first-order valence-corrected chi connectivity index (χ1v) is 7.81. The number of methoxy groups -OCH3 is 2. The molecule has 0 saturated heterocycles. The summed E-state index contributed by atoms with van der Waals surface area (Å²) in [5.41, 5.74) is 0.924. The van der Waals surface area contributed by atoms with Crippen LogP contribution in [0, 0.1) is 0 Å². The van der Waals surface area contributed by atoms with E-state index in [0.717, 1.165) is 0 Å². The lowest BCUT2D eigenvalue weighted by Gasteiger charge is -2.16. The second-order valence-corrected chi connectivity index (χ2v) is 5.33. The number of rotatable bonds is 10. The second-order valence-electron chi connectivity index (χ2n) is 5.33. The Kier molecular flexibility index (Phi) is 6.99. The van der Waals surface area contributed by atoms with Crippen LogP contribution in [0.5, 0.6) is 23.0 Å². The predicted molar refractivity (Wildman–Crippen MR) is 93.8 cm³/mol. The van der Waals surface area contributed by atoms with Crippen LogP contribution in [0.2, 0.25) is 0 Å². The van der Waals surface area contributed by atoms with Gasteiger partial charge in [0.05, 0.1) is 14.2 Å². The summed E-state index contributed by atoms with van der Waals surface area (Å²) in [5, 5.41) is 10.1. The number of aliphatic hydroxyl groups excluding tert-OH is 1. The SMILES string of the molecule is COc1cc(C=O)ccc1OCC(O)COc1ccc(C=O)cc1OC. The first kappa shape index (κ1) is 19.3. The van der Waals surface area contributed by atoms with Crippen molar-refractivity contribution in [3.8, 4) is 23.0 Å². The summed E-state index contributed by atoms with van der Waals surface area (Å²) in [6.07, 6.45) is 0.497. The van der Waals surface area contributed by atoms with Gasteiger partial charge in [0.2, 0.25) is 0 Å². The highest BCUT2D eigenvalue weighted by Crippen LogP contribution is 2.29. The number of hydrogen-bond acceptors (Lipinski definition) is 7. The molecule has 0 heterocycles. The number of aliphatic hydroxyl groups is 1. The fourth-order valence-corrected chi connectivity index (χ4v) is 2.17. The van der Waals surface area contributed by atoms with Gasteiger partial charge in [0, 0.05) is 11.1 Å². The summed E-state index contributed by atoms with van der Waals surface area (Å²) in [5.74, 6) is 1.61. The Hall–Kier alpha value is -3.06. The van der Waals surface area contributed by atoms with Gasteiger partial charge in [-0.15, -0.1) is 0 Å². The topological polar surface area (TPSA) is 91.3 Å². The molecule has 0 unspecified atom stereocenters. The normalized spacial score (nSPS) is 10.3. The third-order valence-electron chi connectivity index (χ3n) is 3.51. The Morgan fingerprint density at radius 1 is 0.808 bits per heavy atom. The quantitative estimate of drug-likeness (QED) is 0.649. The number of hydrogen-bond donors (Lipinski definition) is 1. The minimum absolute atomic E-state index is 0.0362. The molecule has 2 aromatic rings. The zero-order valence-electron chi connectivity index (χ0n) is 14.5. The maximum Gasteiger partial charge on any atom is 0.161 e. The molecule has 0 aliphatic heterocycles. The lowest BCUT2D eigenvalue weighted by atomic mass is 10.2. The molecule has 7 heteroatoms. The number of aldehydes is 2. The summed E-state index contributed by atoms with van der Waals surface area (Å²) in [6.45, 7) is -0.0724.